The number of para-hydroxylation sites is 3. The highest BCUT2D eigenvalue weighted by atomic mass is 16.5. The van der Waals surface area contributed by atoms with Gasteiger partial charge < -0.3 is 15.0 Å². The van der Waals surface area contributed by atoms with Crippen molar-refractivity contribution in [1.29, 1.82) is 0 Å². The fourth-order valence-corrected chi connectivity index (χ4v) is 2.74. The van der Waals surface area contributed by atoms with E-state index in [0.717, 1.165) is 16.5 Å². The van der Waals surface area contributed by atoms with Crippen LogP contribution in [-0.4, -0.2) is 18.0 Å². The van der Waals surface area contributed by atoms with E-state index >= 15 is 0 Å². The second-order valence-corrected chi connectivity index (χ2v) is 6.03. The van der Waals surface area contributed by atoms with Crippen molar-refractivity contribution in [1.82, 2.24) is 4.98 Å². The first-order valence-electron chi connectivity index (χ1n) is 7.55. The summed E-state index contributed by atoms with van der Waals surface area (Å²) in [5.41, 5.74) is 1.99. The molecule has 4 nitrogen and oxygen atoms in total. The number of carbonyl (C=O) groups excluding carboxylic acids is 1. The lowest BCUT2D eigenvalue weighted by molar-refractivity contribution is -0.120. The van der Waals surface area contributed by atoms with Gasteiger partial charge >= 0.3 is 0 Å². The van der Waals surface area contributed by atoms with Crippen molar-refractivity contribution in [3.63, 3.8) is 0 Å². The zero-order chi connectivity index (χ0) is 16.4. The van der Waals surface area contributed by atoms with Gasteiger partial charge in [0, 0.05) is 17.1 Å². The van der Waals surface area contributed by atoms with Gasteiger partial charge in [-0.3, -0.25) is 4.79 Å². The summed E-state index contributed by atoms with van der Waals surface area (Å²) in [5.74, 6) is 0.572. The number of hydrogen-bond donors (Lipinski definition) is 2. The average molecular weight is 308 g/mol. The lowest BCUT2D eigenvalue weighted by Gasteiger charge is -2.24. The number of aromatic nitrogens is 1. The molecular formula is C19H20N2O2. The van der Waals surface area contributed by atoms with Crippen LogP contribution >= 0.6 is 0 Å². The van der Waals surface area contributed by atoms with Crippen LogP contribution in [0.3, 0.4) is 0 Å². The van der Waals surface area contributed by atoms with Crippen molar-refractivity contribution in [2.75, 3.05) is 12.4 Å². The van der Waals surface area contributed by atoms with E-state index in [2.05, 4.69) is 10.3 Å². The van der Waals surface area contributed by atoms with E-state index in [1.807, 2.05) is 68.6 Å². The maximum Gasteiger partial charge on any atom is 0.234 e. The molecule has 3 aromatic rings. The summed E-state index contributed by atoms with van der Waals surface area (Å²) in [6, 6.07) is 15.4. The molecule has 118 valence electrons. The topological polar surface area (TPSA) is 54.1 Å². The Morgan fingerprint density at radius 1 is 1.09 bits per heavy atom. The molecule has 1 heterocycles. The number of hydrogen-bond acceptors (Lipinski definition) is 2. The van der Waals surface area contributed by atoms with Gasteiger partial charge in [-0.15, -0.1) is 0 Å². The fourth-order valence-electron chi connectivity index (χ4n) is 2.74. The minimum atomic E-state index is -0.680. The van der Waals surface area contributed by atoms with Crippen molar-refractivity contribution in [2.24, 2.45) is 0 Å². The Balaban J connectivity index is 1.94. The number of methoxy groups -OCH3 is 1. The number of amides is 1. The maximum atomic E-state index is 12.9. The first-order chi connectivity index (χ1) is 11.0. The molecule has 0 fully saturated rings. The number of carbonyl (C=O) groups is 1. The number of rotatable bonds is 4. The second kappa shape index (κ2) is 5.80. The molecule has 0 aliphatic rings. The van der Waals surface area contributed by atoms with Crippen LogP contribution in [0, 0.1) is 0 Å². The zero-order valence-electron chi connectivity index (χ0n) is 13.5. The number of ether oxygens (including phenoxy) is 1. The van der Waals surface area contributed by atoms with E-state index in [1.54, 1.807) is 7.11 Å². The largest absolute Gasteiger partial charge is 0.495 e. The van der Waals surface area contributed by atoms with Gasteiger partial charge in [-0.25, -0.2) is 0 Å². The van der Waals surface area contributed by atoms with Crippen molar-refractivity contribution in [2.45, 2.75) is 19.3 Å². The average Bonchev–Trinajstić information content (AvgIpc) is 3.00. The Hall–Kier alpha value is -2.75. The number of aromatic amines is 1. The molecule has 1 aromatic heterocycles. The zero-order valence-corrected chi connectivity index (χ0v) is 13.5. The summed E-state index contributed by atoms with van der Waals surface area (Å²) in [5, 5.41) is 4.04. The molecule has 0 saturated heterocycles. The van der Waals surface area contributed by atoms with Gasteiger partial charge in [0.1, 0.15) is 5.75 Å². The monoisotopic (exact) mass is 308 g/mol. The van der Waals surface area contributed by atoms with Crippen LogP contribution in [0.25, 0.3) is 10.9 Å². The Bertz CT molecular complexity index is 849. The molecule has 0 saturated carbocycles. The van der Waals surface area contributed by atoms with Gasteiger partial charge in [-0.05, 0) is 37.6 Å². The summed E-state index contributed by atoms with van der Waals surface area (Å²) in [4.78, 5) is 16.1. The molecule has 0 atom stereocenters. The summed E-state index contributed by atoms with van der Waals surface area (Å²) in [7, 11) is 1.59. The Labute approximate surface area is 135 Å². The van der Waals surface area contributed by atoms with Crippen LogP contribution in [0.2, 0.25) is 0 Å². The van der Waals surface area contributed by atoms with E-state index in [9.17, 15) is 4.79 Å². The second-order valence-electron chi connectivity index (χ2n) is 6.03. The number of H-pyrrole nitrogens is 1. The number of nitrogens with one attached hydrogen (secondary N) is 2. The van der Waals surface area contributed by atoms with Crippen molar-refractivity contribution < 1.29 is 9.53 Å². The fraction of sp³-hybridized carbons (Fsp3) is 0.211. The summed E-state index contributed by atoms with van der Waals surface area (Å²) in [6.07, 6.45) is 1.91. The molecule has 0 spiro atoms. The smallest absolute Gasteiger partial charge is 0.234 e. The highest BCUT2D eigenvalue weighted by Gasteiger charge is 2.32. The van der Waals surface area contributed by atoms with Crippen LogP contribution in [0.15, 0.2) is 54.7 Å². The molecular weight excluding hydrogens is 288 g/mol. The number of fused-ring (bicyclic) bond motifs is 1. The number of benzene rings is 2. The molecule has 0 aliphatic carbocycles. The van der Waals surface area contributed by atoms with E-state index in [-0.39, 0.29) is 5.91 Å². The van der Waals surface area contributed by atoms with Gasteiger partial charge in [-0.2, -0.15) is 0 Å². The van der Waals surface area contributed by atoms with Crippen molar-refractivity contribution in [3.8, 4) is 5.75 Å². The lowest BCUT2D eigenvalue weighted by atomic mass is 9.83. The third kappa shape index (κ3) is 2.68. The van der Waals surface area contributed by atoms with Gasteiger partial charge in [0.15, 0.2) is 0 Å². The highest BCUT2D eigenvalue weighted by molar-refractivity contribution is 6.02. The van der Waals surface area contributed by atoms with E-state index in [4.69, 9.17) is 4.74 Å². The van der Waals surface area contributed by atoms with E-state index in [1.165, 1.54) is 0 Å². The maximum absolute atomic E-state index is 12.9. The number of anilines is 1. The summed E-state index contributed by atoms with van der Waals surface area (Å²) in [6.45, 7) is 3.85. The normalized spacial score (nSPS) is 11.4. The van der Waals surface area contributed by atoms with Crippen LogP contribution in [0.4, 0.5) is 5.69 Å². The van der Waals surface area contributed by atoms with Gasteiger partial charge in [-0.1, -0.05) is 30.3 Å². The van der Waals surface area contributed by atoms with Crippen LogP contribution in [0.5, 0.6) is 5.75 Å². The predicted octanol–water partition coefficient (Wildman–Crippen LogP) is 4.09. The molecule has 0 radical (unpaired) electrons. The minimum Gasteiger partial charge on any atom is -0.495 e. The first-order valence-corrected chi connectivity index (χ1v) is 7.55. The van der Waals surface area contributed by atoms with Crippen LogP contribution in [0.1, 0.15) is 19.4 Å². The van der Waals surface area contributed by atoms with E-state index in [0.29, 0.717) is 11.4 Å². The molecule has 0 bridgehead atoms. The Morgan fingerprint density at radius 3 is 2.57 bits per heavy atom. The van der Waals surface area contributed by atoms with E-state index < -0.39 is 5.41 Å². The Morgan fingerprint density at radius 2 is 1.78 bits per heavy atom. The van der Waals surface area contributed by atoms with Crippen molar-refractivity contribution >= 4 is 22.5 Å². The quantitative estimate of drug-likeness (QED) is 0.762. The molecule has 2 N–H and O–H groups in total. The van der Waals surface area contributed by atoms with Crippen LogP contribution in [-0.2, 0) is 10.2 Å². The molecule has 0 unspecified atom stereocenters. The highest BCUT2D eigenvalue weighted by Crippen LogP contribution is 2.32. The minimum absolute atomic E-state index is 0.0771. The molecule has 2 aromatic carbocycles. The van der Waals surface area contributed by atoms with Gasteiger partial charge in [0.25, 0.3) is 0 Å². The third-order valence-corrected chi connectivity index (χ3v) is 4.19. The van der Waals surface area contributed by atoms with Gasteiger partial charge in [0.05, 0.1) is 18.2 Å². The predicted molar refractivity (Wildman–Crippen MR) is 92.9 cm³/mol. The molecule has 1 amide bonds. The molecule has 0 aliphatic heterocycles. The Kier molecular flexibility index (Phi) is 3.82. The standard InChI is InChI=1S/C19H20N2O2/c1-19(2,14-12-20-15-9-5-4-8-13(14)15)18(22)21-16-10-6-7-11-17(16)23-3/h4-12,20H,1-3H3,(H,21,22). The SMILES string of the molecule is COc1ccccc1NC(=O)C(C)(C)c1c[nH]c2ccccc12. The van der Waals surface area contributed by atoms with Gasteiger partial charge in [0.2, 0.25) is 5.91 Å². The lowest BCUT2D eigenvalue weighted by Crippen LogP contribution is -2.34. The molecule has 4 heteroatoms. The third-order valence-electron chi connectivity index (χ3n) is 4.19. The summed E-state index contributed by atoms with van der Waals surface area (Å²) < 4.78 is 5.30. The van der Waals surface area contributed by atoms with Crippen molar-refractivity contribution in [3.05, 3.63) is 60.3 Å². The first kappa shape index (κ1) is 15.2. The molecule has 3 rings (SSSR count). The summed E-state index contributed by atoms with van der Waals surface area (Å²) >= 11 is 0. The molecule has 23 heavy (non-hydrogen) atoms. The van der Waals surface area contributed by atoms with Crippen LogP contribution < -0.4 is 10.1 Å².